The lowest BCUT2D eigenvalue weighted by Gasteiger charge is -2.10. The minimum absolute atomic E-state index is 0.208. The Morgan fingerprint density at radius 1 is 0.968 bits per heavy atom. The maximum atomic E-state index is 12.5. The van der Waals surface area contributed by atoms with Gasteiger partial charge in [-0.15, -0.1) is 0 Å². The van der Waals surface area contributed by atoms with E-state index in [9.17, 15) is 18.5 Å². The fourth-order valence-corrected chi connectivity index (χ4v) is 3.80. The Kier molecular flexibility index (Phi) is 5.33. The van der Waals surface area contributed by atoms with Crippen LogP contribution in [0.4, 0.5) is 11.4 Å². The number of non-ortho nitro benzene ring substituents is 1. The number of sulfonamides is 1. The van der Waals surface area contributed by atoms with Crippen LogP contribution in [0, 0.1) is 10.1 Å². The molecule has 2 aromatic heterocycles. The summed E-state index contributed by atoms with van der Waals surface area (Å²) in [6.45, 7) is 0. The molecule has 0 fully saturated rings. The molecular weight excluding hydrogens is 422 g/mol. The molecule has 0 spiro atoms. The first-order valence-electron chi connectivity index (χ1n) is 8.91. The number of aromatic nitrogens is 3. The molecule has 0 radical (unpaired) electrons. The molecule has 0 bridgehead atoms. The first-order chi connectivity index (χ1) is 14.9. The summed E-state index contributed by atoms with van der Waals surface area (Å²) in [4.78, 5) is 18.3. The van der Waals surface area contributed by atoms with Crippen molar-refractivity contribution in [2.75, 3.05) is 4.72 Å². The zero-order chi connectivity index (χ0) is 21.8. The van der Waals surface area contributed by atoms with Crippen LogP contribution in [0.2, 0.25) is 0 Å². The first kappa shape index (κ1) is 20.0. The van der Waals surface area contributed by atoms with Gasteiger partial charge in [0.15, 0.2) is 0 Å². The van der Waals surface area contributed by atoms with Crippen molar-refractivity contribution in [3.8, 4) is 17.4 Å². The minimum atomic E-state index is -3.99. The summed E-state index contributed by atoms with van der Waals surface area (Å²) in [6.07, 6.45) is 5.06. The number of nitro groups is 1. The maximum absolute atomic E-state index is 12.5. The van der Waals surface area contributed by atoms with Gasteiger partial charge in [-0.2, -0.15) is 0 Å². The molecule has 156 valence electrons. The SMILES string of the molecule is O=[N+]([O-])c1cccc(S(=O)(=O)Nc2ccc(Oc3cc(-n4cccc4)ncn3)cc2)c1. The van der Waals surface area contributed by atoms with Gasteiger partial charge in [0.2, 0.25) is 5.88 Å². The van der Waals surface area contributed by atoms with Crippen LogP contribution in [-0.2, 0) is 10.0 Å². The monoisotopic (exact) mass is 437 g/mol. The fourth-order valence-electron chi connectivity index (χ4n) is 2.70. The van der Waals surface area contributed by atoms with E-state index in [0.717, 1.165) is 6.07 Å². The van der Waals surface area contributed by atoms with Gasteiger partial charge in [0, 0.05) is 36.3 Å². The van der Waals surface area contributed by atoms with Crippen LogP contribution in [0.25, 0.3) is 5.82 Å². The zero-order valence-corrected chi connectivity index (χ0v) is 16.6. The van der Waals surface area contributed by atoms with Gasteiger partial charge in [-0.1, -0.05) is 6.07 Å². The van der Waals surface area contributed by atoms with Gasteiger partial charge >= 0.3 is 0 Å². The molecule has 0 saturated heterocycles. The van der Waals surface area contributed by atoms with Crippen LogP contribution in [-0.4, -0.2) is 27.9 Å². The average molecular weight is 437 g/mol. The van der Waals surface area contributed by atoms with Crippen LogP contribution in [0.5, 0.6) is 11.6 Å². The van der Waals surface area contributed by atoms with Crippen LogP contribution >= 0.6 is 0 Å². The van der Waals surface area contributed by atoms with Crippen molar-refractivity contribution >= 4 is 21.4 Å². The third kappa shape index (κ3) is 4.67. The quantitative estimate of drug-likeness (QED) is 0.344. The normalized spacial score (nSPS) is 11.1. The molecule has 10 nitrogen and oxygen atoms in total. The second-order valence-corrected chi connectivity index (χ2v) is 7.97. The Hall–Kier alpha value is -4.25. The van der Waals surface area contributed by atoms with E-state index in [2.05, 4.69) is 14.7 Å². The van der Waals surface area contributed by atoms with Crippen molar-refractivity contribution in [3.63, 3.8) is 0 Å². The number of nitrogens with zero attached hydrogens (tertiary/aromatic N) is 4. The summed E-state index contributed by atoms with van der Waals surface area (Å²) in [7, 11) is -3.99. The molecule has 0 saturated carbocycles. The van der Waals surface area contributed by atoms with Gasteiger partial charge in [-0.3, -0.25) is 14.8 Å². The number of ether oxygens (including phenoxy) is 1. The Morgan fingerprint density at radius 2 is 1.71 bits per heavy atom. The second-order valence-electron chi connectivity index (χ2n) is 6.29. The molecule has 1 N–H and O–H groups in total. The standard InChI is InChI=1S/C20H15N5O5S/c26-25(27)16-4-3-5-18(12-16)31(28,29)23-15-6-8-17(9-7-15)30-20-13-19(21-14-22-20)24-10-1-2-11-24/h1-14,23H. The Bertz CT molecular complexity index is 1320. The summed E-state index contributed by atoms with van der Waals surface area (Å²) in [5.74, 6) is 1.40. The van der Waals surface area contributed by atoms with Crippen LogP contribution in [0.15, 0.2) is 90.3 Å². The molecule has 2 heterocycles. The van der Waals surface area contributed by atoms with E-state index in [4.69, 9.17) is 4.74 Å². The fraction of sp³-hybridized carbons (Fsp3) is 0. The summed E-state index contributed by atoms with van der Waals surface area (Å²) < 4.78 is 34.9. The van der Waals surface area contributed by atoms with E-state index < -0.39 is 14.9 Å². The van der Waals surface area contributed by atoms with Crippen molar-refractivity contribution < 1.29 is 18.1 Å². The number of benzene rings is 2. The summed E-state index contributed by atoms with van der Waals surface area (Å²) in [5, 5.41) is 10.9. The highest BCUT2D eigenvalue weighted by molar-refractivity contribution is 7.92. The molecule has 2 aromatic carbocycles. The lowest BCUT2D eigenvalue weighted by atomic mass is 10.3. The highest BCUT2D eigenvalue weighted by atomic mass is 32.2. The highest BCUT2D eigenvalue weighted by Gasteiger charge is 2.17. The molecule has 0 amide bonds. The molecule has 11 heteroatoms. The topological polar surface area (TPSA) is 129 Å². The van der Waals surface area contributed by atoms with Gasteiger partial charge in [-0.05, 0) is 42.5 Å². The molecule has 0 unspecified atom stereocenters. The third-order valence-electron chi connectivity index (χ3n) is 4.16. The zero-order valence-electron chi connectivity index (χ0n) is 15.8. The summed E-state index contributed by atoms with van der Waals surface area (Å²) in [6, 6.07) is 16.4. The minimum Gasteiger partial charge on any atom is -0.439 e. The van der Waals surface area contributed by atoms with E-state index in [1.165, 1.54) is 36.7 Å². The Balaban J connectivity index is 1.48. The number of nitro benzene ring substituents is 1. The van der Waals surface area contributed by atoms with Gasteiger partial charge in [0.1, 0.15) is 17.9 Å². The molecule has 31 heavy (non-hydrogen) atoms. The van der Waals surface area contributed by atoms with Crippen molar-refractivity contribution in [2.45, 2.75) is 4.90 Å². The van der Waals surface area contributed by atoms with E-state index in [-0.39, 0.29) is 16.3 Å². The largest absolute Gasteiger partial charge is 0.439 e. The summed E-state index contributed by atoms with van der Waals surface area (Å²) >= 11 is 0. The van der Waals surface area contributed by atoms with Crippen molar-refractivity contribution in [2.24, 2.45) is 0 Å². The number of nitrogens with one attached hydrogen (secondary N) is 1. The first-order valence-corrected chi connectivity index (χ1v) is 10.4. The molecule has 0 aliphatic rings. The predicted molar refractivity (Wildman–Crippen MR) is 112 cm³/mol. The molecule has 4 aromatic rings. The second kappa shape index (κ2) is 8.24. The maximum Gasteiger partial charge on any atom is 0.270 e. The lowest BCUT2D eigenvalue weighted by molar-refractivity contribution is -0.385. The van der Waals surface area contributed by atoms with Crippen molar-refractivity contribution in [1.82, 2.24) is 14.5 Å². The van der Waals surface area contributed by atoms with Gasteiger partial charge in [-0.25, -0.2) is 18.4 Å². The van der Waals surface area contributed by atoms with E-state index in [1.54, 1.807) is 22.8 Å². The number of anilines is 1. The van der Waals surface area contributed by atoms with Gasteiger partial charge < -0.3 is 9.30 Å². The molecular formula is C20H15N5O5S. The van der Waals surface area contributed by atoms with Crippen LogP contribution in [0.1, 0.15) is 0 Å². The number of rotatable bonds is 7. The predicted octanol–water partition coefficient (Wildman–Crippen LogP) is 3.77. The Labute approximate surface area is 177 Å². The lowest BCUT2D eigenvalue weighted by Crippen LogP contribution is -2.13. The number of hydrogen-bond acceptors (Lipinski definition) is 7. The van der Waals surface area contributed by atoms with Crippen molar-refractivity contribution in [1.29, 1.82) is 0 Å². The number of hydrogen-bond donors (Lipinski definition) is 1. The Morgan fingerprint density at radius 3 is 2.42 bits per heavy atom. The molecule has 0 aliphatic carbocycles. The highest BCUT2D eigenvalue weighted by Crippen LogP contribution is 2.25. The van der Waals surface area contributed by atoms with Crippen molar-refractivity contribution in [3.05, 3.63) is 95.6 Å². The molecule has 0 aliphatic heterocycles. The van der Waals surface area contributed by atoms with E-state index >= 15 is 0 Å². The summed E-state index contributed by atoms with van der Waals surface area (Å²) in [5.41, 5.74) is -0.0367. The van der Waals surface area contributed by atoms with E-state index in [1.807, 2.05) is 24.5 Å². The average Bonchev–Trinajstić information content (AvgIpc) is 3.30. The third-order valence-corrected chi connectivity index (χ3v) is 5.54. The molecule has 0 atom stereocenters. The van der Waals surface area contributed by atoms with Gasteiger partial charge in [0.05, 0.1) is 9.82 Å². The van der Waals surface area contributed by atoms with Crippen LogP contribution < -0.4 is 9.46 Å². The molecule has 4 rings (SSSR count). The smallest absolute Gasteiger partial charge is 0.270 e. The van der Waals surface area contributed by atoms with Crippen LogP contribution in [0.3, 0.4) is 0 Å². The van der Waals surface area contributed by atoms with E-state index in [0.29, 0.717) is 17.4 Å². The van der Waals surface area contributed by atoms with Gasteiger partial charge in [0.25, 0.3) is 15.7 Å².